The second-order valence-electron chi connectivity index (χ2n) is 2.61. The number of methoxy groups -OCH3 is 1. The normalized spacial score (nSPS) is 9.50. The van der Waals surface area contributed by atoms with Crippen LogP contribution in [-0.4, -0.2) is 28.8 Å². The molecule has 0 atom stereocenters. The summed E-state index contributed by atoms with van der Waals surface area (Å²) in [4.78, 5) is 17.4. The van der Waals surface area contributed by atoms with Crippen LogP contribution in [0.15, 0.2) is 5.03 Å². The van der Waals surface area contributed by atoms with Crippen LogP contribution in [0.3, 0.4) is 0 Å². The van der Waals surface area contributed by atoms with E-state index in [2.05, 4.69) is 14.7 Å². The predicted octanol–water partition coefficient (Wildman–Crippen LogP) is 0.858. The van der Waals surface area contributed by atoms with Crippen LogP contribution < -0.4 is 5.73 Å². The van der Waals surface area contributed by atoms with Crippen LogP contribution in [-0.2, 0) is 9.53 Å². The van der Waals surface area contributed by atoms with Crippen molar-refractivity contribution in [1.29, 1.82) is 5.26 Å². The lowest BCUT2D eigenvalue weighted by atomic mass is 10.4. The highest BCUT2D eigenvalue weighted by Gasteiger charge is 2.10. The summed E-state index contributed by atoms with van der Waals surface area (Å²) in [7, 11) is 1.28. The van der Waals surface area contributed by atoms with E-state index in [1.807, 2.05) is 6.07 Å². The largest absolute Gasteiger partial charge is 0.468 e. The van der Waals surface area contributed by atoms with Crippen molar-refractivity contribution < 1.29 is 9.53 Å². The van der Waals surface area contributed by atoms with E-state index in [1.54, 1.807) is 0 Å². The number of carbonyl (C=O) groups is 1. The summed E-state index contributed by atoms with van der Waals surface area (Å²) in [6, 6.07) is 1.91. The zero-order valence-electron chi connectivity index (χ0n) is 8.31. The molecule has 84 valence electrons. The number of anilines is 1. The van der Waals surface area contributed by atoms with Crippen LogP contribution in [0.1, 0.15) is 5.56 Å². The minimum atomic E-state index is -0.409. The molecule has 0 aliphatic rings. The highest BCUT2D eigenvalue weighted by molar-refractivity contribution is 8.00. The van der Waals surface area contributed by atoms with E-state index >= 15 is 0 Å². The number of ether oxygens (including phenoxy) is 1. The zero-order valence-corrected chi connectivity index (χ0v) is 9.94. The molecule has 0 unspecified atom stereocenters. The van der Waals surface area contributed by atoms with Gasteiger partial charge >= 0.3 is 5.97 Å². The molecule has 0 amide bonds. The summed E-state index contributed by atoms with van der Waals surface area (Å²) in [5, 5.41) is 9.19. The fourth-order valence-electron chi connectivity index (χ4n) is 0.858. The Balaban J connectivity index is 3.00. The van der Waals surface area contributed by atoms with Crippen LogP contribution in [0.25, 0.3) is 0 Å². The van der Waals surface area contributed by atoms with E-state index in [4.69, 9.17) is 23.2 Å². The number of hydrogen-bond donors (Lipinski definition) is 2. The first-order chi connectivity index (χ1) is 7.58. The molecule has 6 nitrogen and oxygen atoms in total. The molecule has 0 saturated carbocycles. The fourth-order valence-corrected chi connectivity index (χ4v) is 2.00. The van der Waals surface area contributed by atoms with Crippen molar-refractivity contribution in [3.8, 4) is 6.07 Å². The summed E-state index contributed by atoms with van der Waals surface area (Å²) in [6.45, 7) is 0. The van der Waals surface area contributed by atoms with Gasteiger partial charge < -0.3 is 15.5 Å². The maximum absolute atomic E-state index is 10.9. The number of aromatic amines is 1. The first-order valence-electron chi connectivity index (χ1n) is 4.08. The number of rotatable bonds is 3. The lowest BCUT2D eigenvalue weighted by Gasteiger charge is -2.03. The Hall–Kier alpha value is -1.59. The van der Waals surface area contributed by atoms with E-state index < -0.39 is 5.97 Å². The highest BCUT2D eigenvalue weighted by Crippen LogP contribution is 2.21. The van der Waals surface area contributed by atoms with Gasteiger partial charge in [0.25, 0.3) is 0 Å². The van der Waals surface area contributed by atoms with Crippen molar-refractivity contribution in [2.45, 2.75) is 5.03 Å². The number of carbonyl (C=O) groups excluding carboxylic acids is 1. The van der Waals surface area contributed by atoms with Crippen molar-refractivity contribution in [3.05, 3.63) is 10.2 Å². The first kappa shape index (κ1) is 12.5. The Morgan fingerprint density at radius 2 is 2.50 bits per heavy atom. The van der Waals surface area contributed by atoms with Gasteiger partial charge in [-0.25, -0.2) is 4.98 Å². The van der Waals surface area contributed by atoms with E-state index in [0.29, 0.717) is 5.03 Å². The second-order valence-corrected chi connectivity index (χ2v) is 3.98. The van der Waals surface area contributed by atoms with Gasteiger partial charge in [-0.1, -0.05) is 24.0 Å². The number of hydrogen-bond acceptors (Lipinski definition) is 7. The minimum absolute atomic E-state index is 0.0520. The fraction of sp³-hybridized carbons (Fsp3) is 0.250. The van der Waals surface area contributed by atoms with Crippen LogP contribution >= 0.6 is 24.0 Å². The lowest BCUT2D eigenvalue weighted by molar-refractivity contribution is -0.137. The summed E-state index contributed by atoms with van der Waals surface area (Å²) in [5.74, 6) is -0.250. The number of nitrogens with one attached hydrogen (secondary N) is 1. The Morgan fingerprint density at radius 3 is 3.06 bits per heavy atom. The molecule has 1 aromatic heterocycles. The van der Waals surface area contributed by atoms with Gasteiger partial charge in [-0.3, -0.25) is 4.79 Å². The molecule has 0 aromatic carbocycles. The molecular formula is C8H8N4O2S2. The minimum Gasteiger partial charge on any atom is -0.468 e. The quantitative estimate of drug-likeness (QED) is 0.357. The number of H-pyrrole nitrogens is 1. The average molecular weight is 256 g/mol. The standard InChI is InChI=1S/C8H8N4O2S2/c1-14-5(13)3-16-7-4(2-9)6(15)11-8(10)12-7/h3H2,1H3,(H3,10,11,12,15). The molecule has 0 bridgehead atoms. The van der Waals surface area contributed by atoms with Crippen molar-refractivity contribution in [3.63, 3.8) is 0 Å². The predicted molar refractivity (Wildman–Crippen MR) is 61.3 cm³/mol. The average Bonchev–Trinajstić information content (AvgIpc) is 2.25. The molecule has 0 aliphatic heterocycles. The number of esters is 1. The molecule has 0 spiro atoms. The highest BCUT2D eigenvalue weighted by atomic mass is 32.2. The molecule has 0 aliphatic carbocycles. The lowest BCUT2D eigenvalue weighted by Crippen LogP contribution is -2.05. The molecule has 0 radical (unpaired) electrons. The summed E-state index contributed by atoms with van der Waals surface area (Å²) in [6.07, 6.45) is 0. The second kappa shape index (κ2) is 5.48. The Kier molecular flexibility index (Phi) is 4.28. The molecule has 8 heteroatoms. The third kappa shape index (κ3) is 2.95. The molecular weight excluding hydrogens is 248 g/mol. The molecule has 0 saturated heterocycles. The van der Waals surface area contributed by atoms with Gasteiger partial charge in [0, 0.05) is 0 Å². The van der Waals surface area contributed by atoms with Gasteiger partial charge in [0.1, 0.15) is 21.3 Å². The van der Waals surface area contributed by atoms with Crippen LogP contribution in [0, 0.1) is 16.0 Å². The van der Waals surface area contributed by atoms with E-state index in [1.165, 1.54) is 7.11 Å². The van der Waals surface area contributed by atoms with Crippen LogP contribution in [0.4, 0.5) is 5.95 Å². The molecule has 3 N–H and O–H groups in total. The molecule has 1 rings (SSSR count). The number of nitrogens with two attached hydrogens (primary N) is 1. The molecule has 1 aromatic rings. The number of nitriles is 1. The van der Waals surface area contributed by atoms with Gasteiger partial charge in [-0.2, -0.15) is 5.26 Å². The van der Waals surface area contributed by atoms with Crippen LogP contribution in [0.5, 0.6) is 0 Å². The number of nitrogens with zero attached hydrogens (tertiary/aromatic N) is 2. The van der Waals surface area contributed by atoms with Crippen molar-refractivity contribution in [2.75, 3.05) is 18.6 Å². The number of aromatic nitrogens is 2. The summed E-state index contributed by atoms with van der Waals surface area (Å²) >= 11 is 5.96. The monoisotopic (exact) mass is 256 g/mol. The number of thioether (sulfide) groups is 1. The Morgan fingerprint density at radius 1 is 1.81 bits per heavy atom. The van der Waals surface area contributed by atoms with Crippen molar-refractivity contribution in [1.82, 2.24) is 9.97 Å². The van der Waals surface area contributed by atoms with Gasteiger partial charge in [0.2, 0.25) is 0 Å². The third-order valence-electron chi connectivity index (χ3n) is 1.57. The SMILES string of the molecule is COC(=O)CSc1nc(N)[nH]c(=S)c1C#N. The maximum atomic E-state index is 10.9. The van der Waals surface area contributed by atoms with Gasteiger partial charge in [-0.05, 0) is 0 Å². The van der Waals surface area contributed by atoms with Gasteiger partial charge in [0.15, 0.2) is 5.95 Å². The zero-order chi connectivity index (χ0) is 12.1. The molecule has 0 fully saturated rings. The molecule has 1 heterocycles. The van der Waals surface area contributed by atoms with Crippen molar-refractivity contribution in [2.24, 2.45) is 0 Å². The Bertz CT molecular complexity index is 506. The topological polar surface area (TPSA) is 105 Å². The Labute approximate surface area is 101 Å². The third-order valence-corrected chi connectivity index (χ3v) is 2.83. The molecule has 16 heavy (non-hydrogen) atoms. The first-order valence-corrected chi connectivity index (χ1v) is 5.47. The van der Waals surface area contributed by atoms with E-state index in [0.717, 1.165) is 11.8 Å². The smallest absolute Gasteiger partial charge is 0.316 e. The van der Waals surface area contributed by atoms with E-state index in [-0.39, 0.29) is 21.9 Å². The van der Waals surface area contributed by atoms with Crippen molar-refractivity contribution >= 4 is 35.9 Å². The maximum Gasteiger partial charge on any atom is 0.316 e. The van der Waals surface area contributed by atoms with Gasteiger partial charge in [0.05, 0.1) is 12.9 Å². The van der Waals surface area contributed by atoms with Crippen LogP contribution in [0.2, 0.25) is 0 Å². The van der Waals surface area contributed by atoms with E-state index in [9.17, 15) is 4.79 Å². The number of nitrogen functional groups attached to an aromatic ring is 1. The van der Waals surface area contributed by atoms with Gasteiger partial charge in [-0.15, -0.1) is 0 Å². The summed E-state index contributed by atoms with van der Waals surface area (Å²) < 4.78 is 4.68. The summed E-state index contributed by atoms with van der Waals surface area (Å²) in [5.41, 5.74) is 5.66.